The number of benzene rings is 2. The van der Waals surface area contributed by atoms with E-state index < -0.39 is 0 Å². The van der Waals surface area contributed by atoms with Gasteiger partial charge in [0.15, 0.2) is 0 Å². The number of carbonyl (C=O) groups is 2. The molecule has 0 radical (unpaired) electrons. The van der Waals surface area contributed by atoms with Crippen LogP contribution in [0.2, 0.25) is 0 Å². The fraction of sp³-hybridized carbons (Fsp3) is 0.300. The Morgan fingerprint density at radius 3 is 2.27 bits per heavy atom. The lowest BCUT2D eigenvalue weighted by molar-refractivity contribution is -0.128. The van der Waals surface area contributed by atoms with E-state index in [4.69, 9.17) is 4.74 Å². The molecule has 1 saturated heterocycles. The van der Waals surface area contributed by atoms with Crippen molar-refractivity contribution in [2.75, 3.05) is 11.9 Å². The summed E-state index contributed by atoms with van der Waals surface area (Å²) in [6, 6.07) is 15.2. The molecule has 4 rings (SSSR count). The largest absolute Gasteiger partial charge is 0.457 e. The fourth-order valence-corrected chi connectivity index (χ4v) is 3.40. The van der Waals surface area contributed by atoms with Gasteiger partial charge >= 0.3 is 0 Å². The predicted octanol–water partition coefficient (Wildman–Crippen LogP) is 4.19. The monoisotopic (exact) mass is 414 g/mol. The smallest absolute Gasteiger partial charge is 0.229 e. The lowest BCUT2D eigenvalue weighted by atomic mass is 10.1. The normalized spacial score (nSPS) is 19.5. The molecule has 1 saturated carbocycles. The van der Waals surface area contributed by atoms with Crippen molar-refractivity contribution in [3.05, 3.63) is 53.0 Å². The molecule has 2 amide bonds. The molecule has 1 N–H and O–H groups in total. The third-order valence-electron chi connectivity index (χ3n) is 4.69. The third-order valence-corrected chi connectivity index (χ3v) is 5.22. The summed E-state index contributed by atoms with van der Waals surface area (Å²) < 4.78 is 6.76. The minimum Gasteiger partial charge on any atom is -0.457 e. The van der Waals surface area contributed by atoms with Crippen LogP contribution in [0.1, 0.15) is 19.3 Å². The van der Waals surface area contributed by atoms with E-state index in [1.165, 1.54) is 0 Å². The highest BCUT2D eigenvalue weighted by atomic mass is 79.9. The first-order chi connectivity index (χ1) is 12.6. The molecule has 1 aliphatic carbocycles. The highest BCUT2D eigenvalue weighted by molar-refractivity contribution is 9.10. The molecule has 5 nitrogen and oxygen atoms in total. The van der Waals surface area contributed by atoms with Gasteiger partial charge in [0.25, 0.3) is 0 Å². The standard InChI is InChI=1S/C20H19BrN2O3/c21-14-1-7-17(8-2-14)26-18-9-3-15(4-10-18)22-20(25)13-11-19(24)23(12-13)16-5-6-16/h1-4,7-10,13,16H,5-6,11-12H2,(H,22,25)/t13-/m0/s1. The molecular weight excluding hydrogens is 396 g/mol. The van der Waals surface area contributed by atoms with Crippen molar-refractivity contribution in [1.29, 1.82) is 0 Å². The summed E-state index contributed by atoms with van der Waals surface area (Å²) in [5, 5.41) is 2.90. The minimum absolute atomic E-state index is 0.0944. The maximum absolute atomic E-state index is 12.4. The van der Waals surface area contributed by atoms with Crippen LogP contribution in [-0.4, -0.2) is 29.3 Å². The van der Waals surface area contributed by atoms with Crippen LogP contribution in [0, 0.1) is 5.92 Å². The molecule has 1 aliphatic heterocycles. The molecule has 1 atom stereocenters. The van der Waals surface area contributed by atoms with E-state index in [0.29, 0.717) is 30.4 Å². The van der Waals surface area contributed by atoms with Crippen molar-refractivity contribution in [2.45, 2.75) is 25.3 Å². The van der Waals surface area contributed by atoms with Crippen molar-refractivity contribution < 1.29 is 14.3 Å². The highest BCUT2D eigenvalue weighted by Crippen LogP contribution is 2.33. The van der Waals surface area contributed by atoms with E-state index in [0.717, 1.165) is 23.1 Å². The van der Waals surface area contributed by atoms with Gasteiger partial charge in [0.2, 0.25) is 11.8 Å². The van der Waals surface area contributed by atoms with Crippen LogP contribution in [0.15, 0.2) is 53.0 Å². The van der Waals surface area contributed by atoms with Gasteiger partial charge in [0.1, 0.15) is 11.5 Å². The second-order valence-corrected chi connectivity index (χ2v) is 7.66. The van der Waals surface area contributed by atoms with Crippen LogP contribution in [0.25, 0.3) is 0 Å². The number of carbonyl (C=O) groups excluding carboxylic acids is 2. The number of nitrogens with one attached hydrogen (secondary N) is 1. The molecule has 2 fully saturated rings. The summed E-state index contributed by atoms with van der Waals surface area (Å²) in [5.41, 5.74) is 0.704. The van der Waals surface area contributed by atoms with Crippen molar-refractivity contribution in [3.8, 4) is 11.5 Å². The van der Waals surface area contributed by atoms with Gasteiger partial charge < -0.3 is 15.0 Å². The Balaban J connectivity index is 1.34. The molecule has 2 aromatic carbocycles. The van der Waals surface area contributed by atoms with Crippen LogP contribution in [0.4, 0.5) is 5.69 Å². The molecule has 2 aliphatic rings. The molecule has 0 aromatic heterocycles. The molecule has 0 bridgehead atoms. The summed E-state index contributed by atoms with van der Waals surface area (Å²) in [7, 11) is 0. The molecular formula is C20H19BrN2O3. The fourth-order valence-electron chi connectivity index (χ4n) is 3.14. The summed E-state index contributed by atoms with van der Waals surface area (Å²) in [6.07, 6.45) is 2.45. The van der Waals surface area contributed by atoms with Crippen molar-refractivity contribution in [1.82, 2.24) is 4.90 Å². The number of ether oxygens (including phenoxy) is 1. The molecule has 0 unspecified atom stereocenters. The Kier molecular flexibility index (Phi) is 4.68. The molecule has 134 valence electrons. The van der Waals surface area contributed by atoms with Crippen LogP contribution < -0.4 is 10.1 Å². The molecule has 6 heteroatoms. The maximum atomic E-state index is 12.4. The molecule has 0 spiro atoms. The van der Waals surface area contributed by atoms with E-state index in [2.05, 4.69) is 21.2 Å². The number of hydrogen-bond donors (Lipinski definition) is 1. The van der Waals surface area contributed by atoms with Gasteiger partial charge in [-0.1, -0.05) is 15.9 Å². The van der Waals surface area contributed by atoms with E-state index in [1.54, 1.807) is 0 Å². The Bertz CT molecular complexity index is 816. The van der Waals surface area contributed by atoms with Crippen LogP contribution in [0.3, 0.4) is 0 Å². The van der Waals surface area contributed by atoms with E-state index in [9.17, 15) is 9.59 Å². The first-order valence-electron chi connectivity index (χ1n) is 8.72. The molecule has 2 aromatic rings. The van der Waals surface area contributed by atoms with Gasteiger partial charge in [-0.15, -0.1) is 0 Å². The number of halogens is 1. The van der Waals surface area contributed by atoms with Crippen molar-refractivity contribution in [2.24, 2.45) is 5.92 Å². The lowest BCUT2D eigenvalue weighted by Gasteiger charge is -2.15. The lowest BCUT2D eigenvalue weighted by Crippen LogP contribution is -2.29. The van der Waals surface area contributed by atoms with E-state index >= 15 is 0 Å². The quantitative estimate of drug-likeness (QED) is 0.797. The SMILES string of the molecule is O=C(Nc1ccc(Oc2ccc(Br)cc2)cc1)[C@H]1CC(=O)N(C2CC2)C1. The van der Waals surface area contributed by atoms with Crippen molar-refractivity contribution >= 4 is 33.4 Å². The first-order valence-corrected chi connectivity index (χ1v) is 9.51. The zero-order chi connectivity index (χ0) is 18.1. The summed E-state index contributed by atoms with van der Waals surface area (Å²) >= 11 is 3.39. The van der Waals surface area contributed by atoms with Crippen molar-refractivity contribution in [3.63, 3.8) is 0 Å². The van der Waals surface area contributed by atoms with E-state index in [1.807, 2.05) is 53.4 Å². The summed E-state index contributed by atoms with van der Waals surface area (Å²) in [6.45, 7) is 0.542. The van der Waals surface area contributed by atoms with Gasteiger partial charge in [-0.25, -0.2) is 0 Å². The van der Waals surface area contributed by atoms with Gasteiger partial charge in [-0.05, 0) is 61.4 Å². The van der Waals surface area contributed by atoms with Crippen LogP contribution in [0.5, 0.6) is 11.5 Å². The van der Waals surface area contributed by atoms with Gasteiger partial charge in [0, 0.05) is 29.2 Å². The van der Waals surface area contributed by atoms with E-state index in [-0.39, 0.29) is 17.7 Å². The third kappa shape index (κ3) is 3.90. The predicted molar refractivity (Wildman–Crippen MR) is 102 cm³/mol. The number of likely N-dealkylation sites (tertiary alicyclic amines) is 1. The Labute approximate surface area is 160 Å². The highest BCUT2D eigenvalue weighted by Gasteiger charge is 2.41. The number of anilines is 1. The zero-order valence-electron chi connectivity index (χ0n) is 14.2. The number of rotatable bonds is 5. The number of hydrogen-bond acceptors (Lipinski definition) is 3. The average Bonchev–Trinajstić information content (AvgIpc) is 3.40. The Morgan fingerprint density at radius 2 is 1.65 bits per heavy atom. The Hall–Kier alpha value is -2.34. The summed E-state index contributed by atoms with van der Waals surface area (Å²) in [4.78, 5) is 26.3. The molecule has 1 heterocycles. The number of nitrogens with zero attached hydrogens (tertiary/aromatic N) is 1. The number of amides is 2. The average molecular weight is 415 g/mol. The summed E-state index contributed by atoms with van der Waals surface area (Å²) in [5.74, 6) is 1.19. The van der Waals surface area contributed by atoms with Crippen LogP contribution >= 0.6 is 15.9 Å². The van der Waals surface area contributed by atoms with Gasteiger partial charge in [0.05, 0.1) is 5.92 Å². The molecule has 26 heavy (non-hydrogen) atoms. The van der Waals surface area contributed by atoms with Gasteiger partial charge in [-0.3, -0.25) is 9.59 Å². The van der Waals surface area contributed by atoms with Gasteiger partial charge in [-0.2, -0.15) is 0 Å². The second-order valence-electron chi connectivity index (χ2n) is 6.75. The van der Waals surface area contributed by atoms with Crippen LogP contribution in [-0.2, 0) is 9.59 Å². The topological polar surface area (TPSA) is 58.6 Å². The Morgan fingerprint density at radius 1 is 1.04 bits per heavy atom. The maximum Gasteiger partial charge on any atom is 0.229 e. The zero-order valence-corrected chi connectivity index (χ0v) is 15.7. The second kappa shape index (κ2) is 7.11. The minimum atomic E-state index is -0.262. The first kappa shape index (κ1) is 17.1.